The molecule has 0 saturated carbocycles. The monoisotopic (exact) mass is 464 g/mol. The van der Waals surface area contributed by atoms with E-state index in [4.69, 9.17) is 15.2 Å². The number of nitrogens with two attached hydrogens (primary N) is 1. The molecule has 176 valence electrons. The molecule has 0 aliphatic carbocycles. The Morgan fingerprint density at radius 2 is 1.81 bits per heavy atom. The molecule has 9 nitrogen and oxygen atoms in total. The third-order valence-corrected chi connectivity index (χ3v) is 5.11. The molecular weight excluding hydrogens is 432 g/mol. The molecule has 1 unspecified atom stereocenters. The van der Waals surface area contributed by atoms with Crippen molar-refractivity contribution in [1.82, 2.24) is 10.6 Å². The average molecular weight is 465 g/mol. The zero-order valence-corrected chi connectivity index (χ0v) is 19.7. The summed E-state index contributed by atoms with van der Waals surface area (Å²) in [6.07, 6.45) is 0. The van der Waals surface area contributed by atoms with Gasteiger partial charge in [0.05, 0.1) is 19.4 Å². The highest BCUT2D eigenvalue weighted by atomic mass is 32.2. The van der Waals surface area contributed by atoms with Crippen molar-refractivity contribution >= 4 is 22.6 Å². The fraction of sp³-hybridized carbons (Fsp3) is 0.409. The Hall–Kier alpha value is -2.98. The lowest BCUT2D eigenvalue weighted by Gasteiger charge is -2.27. The van der Waals surface area contributed by atoms with Crippen LogP contribution in [0.2, 0.25) is 0 Å². The summed E-state index contributed by atoms with van der Waals surface area (Å²) in [5, 5.41) is 5.67. The predicted octanol–water partition coefficient (Wildman–Crippen LogP) is 2.56. The van der Waals surface area contributed by atoms with Gasteiger partial charge >= 0.3 is 6.03 Å². The Morgan fingerprint density at radius 3 is 2.41 bits per heavy atom. The number of benzene rings is 2. The molecule has 0 saturated heterocycles. The largest absolute Gasteiger partial charge is 0.497 e. The van der Waals surface area contributed by atoms with Gasteiger partial charge in [-0.25, -0.2) is 13.2 Å². The number of hydrogen-bond acceptors (Lipinski definition) is 6. The maximum absolute atomic E-state index is 12.2. The number of carbonyl (C=O) groups is 1. The van der Waals surface area contributed by atoms with Gasteiger partial charge in [-0.1, -0.05) is 32.0 Å². The van der Waals surface area contributed by atoms with Crippen LogP contribution in [0.3, 0.4) is 0 Å². The molecule has 10 heteroatoms. The number of carbonyl (C=O) groups excluding carboxylic acids is 1. The number of methoxy groups -OCH3 is 1. The number of rotatable bonds is 11. The molecule has 0 aliphatic rings. The Labute approximate surface area is 190 Å². The highest BCUT2D eigenvalue weighted by Gasteiger charge is 2.22. The van der Waals surface area contributed by atoms with E-state index in [0.717, 1.165) is 11.3 Å². The number of amides is 2. The summed E-state index contributed by atoms with van der Waals surface area (Å²) >= 11 is 0. The summed E-state index contributed by atoms with van der Waals surface area (Å²) in [4.78, 5) is 12.2. The van der Waals surface area contributed by atoms with Crippen LogP contribution in [0.5, 0.6) is 11.5 Å². The highest BCUT2D eigenvalue weighted by Crippen LogP contribution is 2.32. The van der Waals surface area contributed by atoms with Gasteiger partial charge in [-0.15, -0.1) is 0 Å². The molecule has 32 heavy (non-hydrogen) atoms. The van der Waals surface area contributed by atoms with Crippen molar-refractivity contribution in [2.75, 3.05) is 25.0 Å². The zero-order valence-electron chi connectivity index (χ0n) is 18.8. The number of nitrogens with one attached hydrogen (secondary N) is 3. The smallest absolute Gasteiger partial charge is 0.315 e. The van der Waals surface area contributed by atoms with Crippen molar-refractivity contribution in [2.45, 2.75) is 33.4 Å². The van der Waals surface area contributed by atoms with Crippen molar-refractivity contribution in [3.05, 3.63) is 53.6 Å². The third kappa shape index (κ3) is 7.93. The SMILES string of the molecule is COc1ccc(CNC(=O)NCC(C)(C)COc2cccc(N[SH](=O)=O)c2C(C)N)cc1. The lowest BCUT2D eigenvalue weighted by Crippen LogP contribution is -2.42. The van der Waals surface area contributed by atoms with Gasteiger partial charge in [0.1, 0.15) is 11.5 Å². The molecular formula is C22H32N4O5S. The summed E-state index contributed by atoms with van der Waals surface area (Å²) in [6.45, 7) is 6.73. The fourth-order valence-electron chi connectivity index (χ4n) is 2.97. The minimum absolute atomic E-state index is 0.282. The Balaban J connectivity index is 1.89. The fourth-order valence-corrected chi connectivity index (χ4v) is 3.36. The quantitative estimate of drug-likeness (QED) is 0.325. The summed E-state index contributed by atoms with van der Waals surface area (Å²) in [5.41, 5.74) is 7.57. The second-order valence-corrected chi connectivity index (χ2v) is 8.95. The number of thiol groups is 1. The molecule has 2 aromatic carbocycles. The van der Waals surface area contributed by atoms with E-state index in [0.29, 0.717) is 36.7 Å². The molecule has 0 aliphatic heterocycles. The lowest BCUT2D eigenvalue weighted by molar-refractivity contribution is 0.173. The highest BCUT2D eigenvalue weighted by molar-refractivity contribution is 7.73. The van der Waals surface area contributed by atoms with Crippen LogP contribution in [-0.2, 0) is 17.4 Å². The van der Waals surface area contributed by atoms with E-state index < -0.39 is 16.9 Å². The minimum atomic E-state index is -2.82. The first-order valence-corrected chi connectivity index (χ1v) is 11.4. The molecule has 2 amide bonds. The molecule has 0 aromatic heterocycles. The van der Waals surface area contributed by atoms with Crippen LogP contribution in [0.15, 0.2) is 42.5 Å². The van der Waals surface area contributed by atoms with Gasteiger partial charge < -0.3 is 25.8 Å². The van der Waals surface area contributed by atoms with Gasteiger partial charge in [0, 0.05) is 30.1 Å². The molecule has 2 aromatic rings. The summed E-state index contributed by atoms with van der Waals surface area (Å²) in [6, 6.07) is 11.8. The first-order chi connectivity index (χ1) is 15.1. The molecule has 2 rings (SSSR count). The normalized spacial score (nSPS) is 12.2. The molecule has 5 N–H and O–H groups in total. The van der Waals surface area contributed by atoms with E-state index in [-0.39, 0.29) is 11.4 Å². The van der Waals surface area contributed by atoms with Crippen molar-refractivity contribution < 1.29 is 22.7 Å². The van der Waals surface area contributed by atoms with Gasteiger partial charge in [0.2, 0.25) is 10.9 Å². The lowest BCUT2D eigenvalue weighted by atomic mass is 9.95. The van der Waals surface area contributed by atoms with E-state index in [1.54, 1.807) is 32.2 Å². The van der Waals surface area contributed by atoms with Crippen LogP contribution < -0.4 is 30.6 Å². The van der Waals surface area contributed by atoms with Crippen LogP contribution in [0.1, 0.15) is 37.9 Å². The maximum atomic E-state index is 12.2. The van der Waals surface area contributed by atoms with Crippen LogP contribution in [-0.4, -0.2) is 34.7 Å². The first-order valence-electron chi connectivity index (χ1n) is 10.2. The maximum Gasteiger partial charge on any atom is 0.315 e. The van der Waals surface area contributed by atoms with Crippen molar-refractivity contribution in [1.29, 1.82) is 0 Å². The van der Waals surface area contributed by atoms with Crippen LogP contribution >= 0.6 is 0 Å². The molecule has 1 atom stereocenters. The third-order valence-electron chi connectivity index (χ3n) is 4.69. The molecule has 0 bridgehead atoms. The summed E-state index contributed by atoms with van der Waals surface area (Å²) in [5.74, 6) is 1.26. The van der Waals surface area contributed by atoms with E-state index in [1.165, 1.54) is 0 Å². The van der Waals surface area contributed by atoms with Crippen LogP contribution in [0.4, 0.5) is 10.5 Å². The van der Waals surface area contributed by atoms with E-state index >= 15 is 0 Å². The van der Waals surface area contributed by atoms with Crippen LogP contribution in [0, 0.1) is 5.41 Å². The number of hydrogen-bond donors (Lipinski definition) is 5. The average Bonchev–Trinajstić information content (AvgIpc) is 2.74. The number of urea groups is 1. The molecule has 0 radical (unpaired) electrons. The summed E-state index contributed by atoms with van der Waals surface area (Å²) < 4.78 is 35.6. The van der Waals surface area contributed by atoms with Gasteiger partial charge in [-0.2, -0.15) is 0 Å². The van der Waals surface area contributed by atoms with E-state index in [1.807, 2.05) is 38.1 Å². The zero-order chi connectivity index (χ0) is 23.7. The van der Waals surface area contributed by atoms with E-state index in [2.05, 4.69) is 15.4 Å². The van der Waals surface area contributed by atoms with Gasteiger partial charge in [0.25, 0.3) is 0 Å². The molecule has 0 heterocycles. The number of anilines is 1. The first kappa shape index (κ1) is 25.3. The van der Waals surface area contributed by atoms with Gasteiger partial charge in [0.15, 0.2) is 0 Å². The van der Waals surface area contributed by atoms with Crippen molar-refractivity contribution in [3.8, 4) is 11.5 Å². The molecule has 0 fully saturated rings. The second kappa shape index (κ2) is 11.6. The topological polar surface area (TPSA) is 132 Å². The Bertz CT molecular complexity index is 967. The minimum Gasteiger partial charge on any atom is -0.497 e. The second-order valence-electron chi connectivity index (χ2n) is 8.21. The predicted molar refractivity (Wildman–Crippen MR) is 125 cm³/mol. The van der Waals surface area contributed by atoms with E-state index in [9.17, 15) is 13.2 Å². The molecule has 0 spiro atoms. The van der Waals surface area contributed by atoms with Crippen LogP contribution in [0.25, 0.3) is 0 Å². The van der Waals surface area contributed by atoms with Crippen molar-refractivity contribution in [2.24, 2.45) is 11.1 Å². The van der Waals surface area contributed by atoms with Crippen molar-refractivity contribution in [3.63, 3.8) is 0 Å². The Morgan fingerprint density at radius 1 is 1.12 bits per heavy atom. The Kier molecular flexibility index (Phi) is 9.15. The number of ether oxygens (including phenoxy) is 2. The standard InChI is InChI=1S/C22H32N4O5S/c1-15(23)20-18(26-32(28)29)6-5-7-19(20)31-14-22(2,3)13-25-21(27)24-12-16-8-10-17(30-4)11-9-16/h5-11,15,32H,12-14,23H2,1-4H3,(H2,24,25,27)(H,26,28,29). The van der Waals surface area contributed by atoms with Gasteiger partial charge in [-0.05, 0) is 36.8 Å². The summed E-state index contributed by atoms with van der Waals surface area (Å²) in [7, 11) is -1.22. The van der Waals surface area contributed by atoms with Gasteiger partial charge in [-0.3, -0.25) is 4.72 Å².